The largest absolute Gasteiger partial charge is 0.492 e. The molecule has 1 aliphatic carbocycles. The maximum atomic E-state index is 11.4. The molecule has 0 aromatic heterocycles. The quantitative estimate of drug-likeness (QED) is 0.835. The van der Waals surface area contributed by atoms with Gasteiger partial charge in [0.05, 0.1) is 12.1 Å². The van der Waals surface area contributed by atoms with Gasteiger partial charge in [-0.3, -0.25) is 4.90 Å². The van der Waals surface area contributed by atoms with Gasteiger partial charge in [-0.15, -0.1) is 0 Å². The third kappa shape index (κ3) is 3.34. The summed E-state index contributed by atoms with van der Waals surface area (Å²) in [4.78, 5) is 2.27. The van der Waals surface area contributed by atoms with E-state index in [4.69, 9.17) is 4.74 Å². The van der Waals surface area contributed by atoms with Gasteiger partial charge in [0.1, 0.15) is 12.4 Å². The minimum absolute atomic E-state index is 0.0245. The molecule has 4 heteroatoms. The van der Waals surface area contributed by atoms with Crippen LogP contribution in [0.4, 0.5) is 0 Å². The van der Waals surface area contributed by atoms with E-state index in [1.807, 2.05) is 0 Å². The highest BCUT2D eigenvalue weighted by atomic mass is 16.5. The van der Waals surface area contributed by atoms with Crippen LogP contribution in [0.2, 0.25) is 0 Å². The van der Waals surface area contributed by atoms with E-state index in [2.05, 4.69) is 73.6 Å². The van der Waals surface area contributed by atoms with E-state index in [-0.39, 0.29) is 17.6 Å². The van der Waals surface area contributed by atoms with Gasteiger partial charge in [-0.2, -0.15) is 0 Å². The summed E-state index contributed by atoms with van der Waals surface area (Å²) in [6.07, 6.45) is 1.61. The summed E-state index contributed by atoms with van der Waals surface area (Å²) in [7, 11) is 2.11. The number of hydrogen-bond acceptors (Lipinski definition) is 4. The molecule has 0 saturated carbocycles. The lowest BCUT2D eigenvalue weighted by atomic mass is 9.72. The van der Waals surface area contributed by atoms with Gasteiger partial charge in [0.15, 0.2) is 0 Å². The third-order valence-corrected chi connectivity index (χ3v) is 6.70. The summed E-state index contributed by atoms with van der Waals surface area (Å²) >= 11 is 0. The molecule has 150 valence electrons. The summed E-state index contributed by atoms with van der Waals surface area (Å²) in [5.41, 5.74) is 4.88. The zero-order valence-electron chi connectivity index (χ0n) is 17.2. The fraction of sp³-hybridized carbons (Fsp3) is 0.500. The van der Waals surface area contributed by atoms with Crippen LogP contribution in [0.1, 0.15) is 41.1 Å². The van der Waals surface area contributed by atoms with E-state index in [1.165, 1.54) is 16.7 Å². The lowest BCUT2D eigenvalue weighted by Gasteiger charge is -2.40. The number of ether oxygens (including phenoxy) is 1. The Morgan fingerprint density at radius 2 is 1.89 bits per heavy atom. The Bertz CT molecular complexity index is 829. The zero-order chi connectivity index (χ0) is 19.7. The van der Waals surface area contributed by atoms with Gasteiger partial charge >= 0.3 is 0 Å². The number of piperidine rings is 1. The first-order valence-electron chi connectivity index (χ1n) is 10.4. The van der Waals surface area contributed by atoms with Gasteiger partial charge in [0.25, 0.3) is 0 Å². The summed E-state index contributed by atoms with van der Waals surface area (Å²) in [5.74, 6) is 0.954. The van der Waals surface area contributed by atoms with E-state index in [0.717, 1.165) is 43.8 Å². The SMILES string of the molecule is Cc1ccc(C)c(OCCN(C)[C@@H]2c3ccccc3C3(CCNCC3)[C@H]2O)c1. The predicted molar refractivity (Wildman–Crippen MR) is 113 cm³/mol. The van der Waals surface area contributed by atoms with Crippen molar-refractivity contribution in [2.45, 2.75) is 44.2 Å². The van der Waals surface area contributed by atoms with E-state index in [1.54, 1.807) is 0 Å². The first kappa shape index (κ1) is 19.4. The highest BCUT2D eigenvalue weighted by Crippen LogP contribution is 2.51. The van der Waals surface area contributed by atoms with Crippen LogP contribution in [0.5, 0.6) is 5.75 Å². The Hall–Kier alpha value is -1.88. The lowest BCUT2D eigenvalue weighted by molar-refractivity contribution is 0.00356. The number of fused-ring (bicyclic) bond motifs is 2. The van der Waals surface area contributed by atoms with Crippen LogP contribution in [0.15, 0.2) is 42.5 Å². The number of hydrogen-bond donors (Lipinski definition) is 2. The molecule has 0 radical (unpaired) electrons. The summed E-state index contributed by atoms with van der Waals surface area (Å²) in [6.45, 7) is 7.49. The normalized spacial score (nSPS) is 23.2. The number of aliphatic hydroxyl groups is 1. The van der Waals surface area contributed by atoms with Crippen molar-refractivity contribution in [3.63, 3.8) is 0 Å². The Morgan fingerprint density at radius 3 is 2.68 bits per heavy atom. The van der Waals surface area contributed by atoms with Crippen molar-refractivity contribution in [2.24, 2.45) is 0 Å². The second-order valence-electron chi connectivity index (χ2n) is 8.48. The van der Waals surface area contributed by atoms with Crippen molar-refractivity contribution >= 4 is 0 Å². The molecule has 0 unspecified atom stereocenters. The monoisotopic (exact) mass is 380 g/mol. The Morgan fingerprint density at radius 1 is 1.14 bits per heavy atom. The number of aliphatic hydroxyl groups excluding tert-OH is 1. The van der Waals surface area contributed by atoms with Gasteiger partial charge in [-0.05, 0) is 75.1 Å². The van der Waals surface area contributed by atoms with Crippen LogP contribution in [0.25, 0.3) is 0 Å². The molecule has 28 heavy (non-hydrogen) atoms. The summed E-state index contributed by atoms with van der Waals surface area (Å²) < 4.78 is 6.07. The topological polar surface area (TPSA) is 44.7 Å². The third-order valence-electron chi connectivity index (χ3n) is 6.70. The molecule has 0 amide bonds. The van der Waals surface area contributed by atoms with Gasteiger partial charge in [0.2, 0.25) is 0 Å². The molecule has 2 aromatic carbocycles. The van der Waals surface area contributed by atoms with E-state index >= 15 is 0 Å². The van der Waals surface area contributed by atoms with Crippen LogP contribution < -0.4 is 10.1 Å². The van der Waals surface area contributed by atoms with Gasteiger partial charge in [0, 0.05) is 12.0 Å². The van der Waals surface area contributed by atoms with Gasteiger partial charge in [-0.1, -0.05) is 36.4 Å². The molecule has 1 fully saturated rings. The van der Waals surface area contributed by atoms with Crippen LogP contribution >= 0.6 is 0 Å². The standard InChI is InChI=1S/C24H32N2O2/c1-17-8-9-18(2)21(16-17)28-15-14-26(3)22-19-6-4-5-7-20(19)24(23(22)27)10-12-25-13-11-24/h4-9,16,22-23,25,27H,10-15H2,1-3H3/t22-,23+/m1/s1. The van der Waals surface area contributed by atoms with Crippen LogP contribution in [0.3, 0.4) is 0 Å². The van der Waals surface area contributed by atoms with Crippen molar-refractivity contribution in [1.82, 2.24) is 10.2 Å². The molecule has 2 N–H and O–H groups in total. The highest BCUT2D eigenvalue weighted by Gasteiger charge is 2.52. The second kappa shape index (κ2) is 7.86. The van der Waals surface area contributed by atoms with Gasteiger partial charge < -0.3 is 15.2 Å². The van der Waals surface area contributed by atoms with Gasteiger partial charge in [-0.25, -0.2) is 0 Å². The maximum Gasteiger partial charge on any atom is 0.122 e. The molecular weight excluding hydrogens is 348 g/mol. The number of nitrogens with zero attached hydrogens (tertiary/aromatic N) is 1. The molecule has 4 nitrogen and oxygen atoms in total. The molecule has 4 rings (SSSR count). The first-order valence-corrected chi connectivity index (χ1v) is 10.4. The summed E-state index contributed by atoms with van der Waals surface area (Å²) in [5, 5.41) is 14.9. The average Bonchev–Trinajstić information content (AvgIpc) is 2.93. The maximum absolute atomic E-state index is 11.4. The van der Waals surface area contributed by atoms with Crippen molar-refractivity contribution in [3.8, 4) is 5.75 Å². The molecular formula is C24H32N2O2. The molecule has 1 saturated heterocycles. The van der Waals surface area contributed by atoms with Crippen molar-refractivity contribution in [2.75, 3.05) is 33.3 Å². The number of likely N-dealkylation sites (N-methyl/N-ethyl adjacent to an activating group) is 1. The predicted octanol–water partition coefficient (Wildman–Crippen LogP) is 3.35. The van der Waals surface area contributed by atoms with E-state index < -0.39 is 0 Å². The van der Waals surface area contributed by atoms with Crippen molar-refractivity contribution in [3.05, 3.63) is 64.7 Å². The number of benzene rings is 2. The van der Waals surface area contributed by atoms with Crippen LogP contribution in [-0.4, -0.2) is 49.4 Å². The number of nitrogens with one attached hydrogen (secondary N) is 1. The molecule has 1 spiro atoms. The second-order valence-corrected chi connectivity index (χ2v) is 8.48. The highest BCUT2D eigenvalue weighted by molar-refractivity contribution is 5.45. The number of rotatable bonds is 5. The Kier molecular flexibility index (Phi) is 5.46. The lowest BCUT2D eigenvalue weighted by Crippen LogP contribution is -2.48. The van der Waals surface area contributed by atoms with E-state index in [0.29, 0.717) is 6.61 Å². The zero-order valence-corrected chi connectivity index (χ0v) is 17.2. The molecule has 2 aliphatic rings. The molecule has 2 atom stereocenters. The fourth-order valence-electron chi connectivity index (χ4n) is 5.06. The summed E-state index contributed by atoms with van der Waals surface area (Å²) in [6, 6.07) is 15.0. The first-order chi connectivity index (χ1) is 13.5. The smallest absolute Gasteiger partial charge is 0.122 e. The molecule has 1 aliphatic heterocycles. The minimum atomic E-state index is -0.377. The Labute approximate surface area is 168 Å². The molecule has 2 aromatic rings. The molecule has 0 bridgehead atoms. The van der Waals surface area contributed by atoms with Crippen molar-refractivity contribution < 1.29 is 9.84 Å². The number of aryl methyl sites for hydroxylation is 2. The van der Waals surface area contributed by atoms with Crippen molar-refractivity contribution in [1.29, 1.82) is 0 Å². The molecule has 1 heterocycles. The minimum Gasteiger partial charge on any atom is -0.492 e. The fourth-order valence-corrected chi connectivity index (χ4v) is 5.06. The average molecular weight is 381 g/mol. The van der Waals surface area contributed by atoms with Crippen LogP contribution in [-0.2, 0) is 5.41 Å². The Balaban J connectivity index is 1.49. The van der Waals surface area contributed by atoms with E-state index in [9.17, 15) is 5.11 Å². The van der Waals surface area contributed by atoms with Crippen LogP contribution in [0, 0.1) is 13.8 Å².